The molecule has 0 fully saturated rings. The molecule has 0 bridgehead atoms. The number of nitrogens with zero attached hydrogens (tertiary/aromatic N) is 3. The van der Waals surface area contributed by atoms with E-state index in [2.05, 4.69) is 5.10 Å². The van der Waals surface area contributed by atoms with Gasteiger partial charge in [-0.3, -0.25) is 4.79 Å². The lowest BCUT2D eigenvalue weighted by Crippen LogP contribution is -2.33. The van der Waals surface area contributed by atoms with Gasteiger partial charge in [0.1, 0.15) is 5.25 Å². The van der Waals surface area contributed by atoms with Crippen molar-refractivity contribution in [1.29, 1.82) is 0 Å². The molecule has 1 atom stereocenters. The molecule has 2 aromatic carbocycles. The molecule has 1 heterocycles. The summed E-state index contributed by atoms with van der Waals surface area (Å²) in [4.78, 5) is 15.0. The first-order valence-corrected chi connectivity index (χ1v) is 10.9. The molecule has 0 radical (unpaired) electrons. The molecule has 0 aliphatic rings. The number of hydrogen-bond donors (Lipinski definition) is 0. The first kappa shape index (κ1) is 19.8. The maximum atomic E-state index is 13.1. The molecule has 140 valence electrons. The zero-order chi connectivity index (χ0) is 19.2. The van der Waals surface area contributed by atoms with E-state index in [1.54, 1.807) is 4.68 Å². The predicted octanol–water partition coefficient (Wildman–Crippen LogP) is 5.37. The molecule has 3 rings (SSSR count). The van der Waals surface area contributed by atoms with Crippen molar-refractivity contribution < 1.29 is 4.79 Å². The standard InChI is InChI=1S/C20H21N3OS3/c1-3-22(4-2)18(24)17(15-11-7-5-8-12-15)26-19-21-23(20(25)27-19)16-13-9-6-10-14-16/h5-14,17H,3-4H2,1-2H3/t17-/m0/s1. The van der Waals surface area contributed by atoms with Gasteiger partial charge in [-0.2, -0.15) is 0 Å². The lowest BCUT2D eigenvalue weighted by Gasteiger charge is -2.24. The van der Waals surface area contributed by atoms with Crippen LogP contribution < -0.4 is 0 Å². The maximum Gasteiger partial charge on any atom is 0.240 e. The highest BCUT2D eigenvalue weighted by atomic mass is 32.2. The minimum Gasteiger partial charge on any atom is -0.342 e. The Morgan fingerprint density at radius 1 is 1.11 bits per heavy atom. The molecule has 0 saturated heterocycles. The third kappa shape index (κ3) is 4.66. The van der Waals surface area contributed by atoms with Crippen molar-refractivity contribution in [1.82, 2.24) is 14.7 Å². The van der Waals surface area contributed by atoms with Gasteiger partial charge in [0.05, 0.1) is 5.69 Å². The van der Waals surface area contributed by atoms with Gasteiger partial charge in [-0.1, -0.05) is 71.6 Å². The van der Waals surface area contributed by atoms with Gasteiger partial charge < -0.3 is 4.90 Å². The molecule has 1 amide bonds. The highest BCUT2D eigenvalue weighted by Crippen LogP contribution is 2.38. The number of thioether (sulfide) groups is 1. The Balaban J connectivity index is 1.93. The van der Waals surface area contributed by atoms with Crippen LogP contribution >= 0.6 is 35.3 Å². The van der Waals surface area contributed by atoms with Crippen LogP contribution in [0, 0.1) is 3.95 Å². The average Bonchev–Trinajstić information content (AvgIpc) is 3.08. The van der Waals surface area contributed by atoms with Crippen LogP contribution in [0.2, 0.25) is 0 Å². The average molecular weight is 416 g/mol. The number of carbonyl (C=O) groups is 1. The lowest BCUT2D eigenvalue weighted by atomic mass is 10.1. The van der Waals surface area contributed by atoms with Crippen molar-refractivity contribution in [2.45, 2.75) is 23.4 Å². The molecule has 3 aromatic rings. The van der Waals surface area contributed by atoms with Gasteiger partial charge >= 0.3 is 0 Å². The highest BCUT2D eigenvalue weighted by Gasteiger charge is 2.27. The third-order valence-electron chi connectivity index (χ3n) is 4.15. The van der Waals surface area contributed by atoms with E-state index < -0.39 is 0 Å². The molecule has 7 heteroatoms. The molecule has 1 aromatic heterocycles. The molecule has 0 aliphatic heterocycles. The summed E-state index contributed by atoms with van der Waals surface area (Å²) in [6.07, 6.45) is 0. The second kappa shape index (κ2) is 9.30. The fourth-order valence-corrected chi connectivity index (χ4v) is 5.37. The topological polar surface area (TPSA) is 38.1 Å². The van der Waals surface area contributed by atoms with Crippen molar-refractivity contribution in [3.8, 4) is 5.69 Å². The number of likely N-dealkylation sites (N-methyl/N-ethyl adjacent to an activating group) is 1. The first-order valence-electron chi connectivity index (χ1n) is 8.80. The van der Waals surface area contributed by atoms with Crippen molar-refractivity contribution in [2.75, 3.05) is 13.1 Å². The number of aromatic nitrogens is 2. The monoisotopic (exact) mass is 415 g/mol. The van der Waals surface area contributed by atoms with E-state index in [1.165, 1.54) is 23.1 Å². The van der Waals surface area contributed by atoms with E-state index in [0.29, 0.717) is 17.0 Å². The second-order valence-corrected chi connectivity index (χ2v) is 8.78. The third-order valence-corrected chi connectivity index (χ3v) is 6.71. The molecule has 0 saturated carbocycles. The van der Waals surface area contributed by atoms with Crippen LogP contribution in [0.5, 0.6) is 0 Å². The van der Waals surface area contributed by atoms with Crippen LogP contribution in [0.25, 0.3) is 5.69 Å². The second-order valence-electron chi connectivity index (χ2n) is 5.80. The Labute approximate surface area is 172 Å². The molecule has 0 unspecified atom stereocenters. The van der Waals surface area contributed by atoms with Crippen LogP contribution in [0.3, 0.4) is 0 Å². The van der Waals surface area contributed by atoms with Crippen LogP contribution in [0.4, 0.5) is 0 Å². The molecular weight excluding hydrogens is 394 g/mol. The summed E-state index contributed by atoms with van der Waals surface area (Å²) in [5, 5.41) is 4.32. The maximum absolute atomic E-state index is 13.1. The van der Waals surface area contributed by atoms with Gasteiger partial charge in [0, 0.05) is 13.1 Å². The lowest BCUT2D eigenvalue weighted by molar-refractivity contribution is -0.130. The van der Waals surface area contributed by atoms with Gasteiger partial charge in [-0.25, -0.2) is 4.68 Å². The van der Waals surface area contributed by atoms with Crippen molar-refractivity contribution in [3.63, 3.8) is 0 Å². The minimum atomic E-state index is -0.337. The van der Waals surface area contributed by atoms with Crippen LogP contribution in [0.1, 0.15) is 24.7 Å². The van der Waals surface area contributed by atoms with E-state index in [9.17, 15) is 4.79 Å². The summed E-state index contributed by atoms with van der Waals surface area (Å²) in [6.45, 7) is 5.38. The SMILES string of the molecule is CCN(CC)C(=O)[C@@H](Sc1nn(-c2ccccc2)c(=S)s1)c1ccccc1. The largest absolute Gasteiger partial charge is 0.342 e. The summed E-state index contributed by atoms with van der Waals surface area (Å²) in [5.41, 5.74) is 1.91. The van der Waals surface area contributed by atoms with Gasteiger partial charge in [-0.05, 0) is 43.8 Å². The fourth-order valence-electron chi connectivity index (χ4n) is 2.73. The van der Waals surface area contributed by atoms with Crippen molar-refractivity contribution in [2.24, 2.45) is 0 Å². The Bertz CT molecular complexity index is 934. The zero-order valence-corrected chi connectivity index (χ0v) is 17.7. The van der Waals surface area contributed by atoms with Crippen LogP contribution in [-0.4, -0.2) is 33.7 Å². The van der Waals surface area contributed by atoms with Crippen LogP contribution in [0.15, 0.2) is 65.0 Å². The molecular formula is C20H21N3OS3. The number of amides is 1. The van der Waals surface area contributed by atoms with Gasteiger partial charge in [0.2, 0.25) is 5.91 Å². The quantitative estimate of drug-likeness (QED) is 0.384. The number of hydrogen-bond acceptors (Lipinski definition) is 5. The normalized spacial score (nSPS) is 11.9. The smallest absolute Gasteiger partial charge is 0.240 e. The molecule has 0 spiro atoms. The Morgan fingerprint density at radius 2 is 1.70 bits per heavy atom. The number of rotatable bonds is 7. The van der Waals surface area contributed by atoms with Crippen molar-refractivity contribution in [3.05, 3.63) is 70.2 Å². The summed E-state index contributed by atoms with van der Waals surface area (Å²) in [5.74, 6) is 0.101. The van der Waals surface area contributed by atoms with E-state index in [0.717, 1.165) is 15.6 Å². The summed E-state index contributed by atoms with van der Waals surface area (Å²) in [7, 11) is 0. The zero-order valence-electron chi connectivity index (χ0n) is 15.2. The summed E-state index contributed by atoms with van der Waals surface area (Å²) in [6, 6.07) is 19.7. The summed E-state index contributed by atoms with van der Waals surface area (Å²) >= 11 is 8.40. The van der Waals surface area contributed by atoms with Crippen molar-refractivity contribution >= 4 is 41.2 Å². The van der Waals surface area contributed by atoms with E-state index in [-0.39, 0.29) is 11.2 Å². The fraction of sp³-hybridized carbons (Fsp3) is 0.250. The number of benzene rings is 2. The Hall–Kier alpha value is -1.96. The number of carbonyl (C=O) groups excluding carboxylic acids is 1. The number of para-hydroxylation sites is 1. The first-order chi connectivity index (χ1) is 13.1. The predicted molar refractivity (Wildman–Crippen MR) is 115 cm³/mol. The molecule has 0 aliphatic carbocycles. The summed E-state index contributed by atoms with van der Waals surface area (Å²) < 4.78 is 3.22. The minimum absolute atomic E-state index is 0.101. The molecule has 4 nitrogen and oxygen atoms in total. The van der Waals surface area contributed by atoms with Gasteiger partial charge in [-0.15, -0.1) is 5.10 Å². The molecule has 0 N–H and O–H groups in total. The van der Waals surface area contributed by atoms with E-state index >= 15 is 0 Å². The molecule has 27 heavy (non-hydrogen) atoms. The van der Waals surface area contributed by atoms with Crippen LogP contribution in [-0.2, 0) is 4.79 Å². The Morgan fingerprint density at radius 3 is 2.30 bits per heavy atom. The van der Waals surface area contributed by atoms with Gasteiger partial charge in [0.15, 0.2) is 8.29 Å². The van der Waals surface area contributed by atoms with Gasteiger partial charge in [0.25, 0.3) is 0 Å². The van der Waals surface area contributed by atoms with E-state index in [4.69, 9.17) is 12.2 Å². The Kier molecular flexibility index (Phi) is 6.82. The highest BCUT2D eigenvalue weighted by molar-refractivity contribution is 8.02. The van der Waals surface area contributed by atoms with E-state index in [1.807, 2.05) is 79.4 Å².